The summed E-state index contributed by atoms with van der Waals surface area (Å²) in [6.07, 6.45) is -2.00. The Morgan fingerprint density at radius 2 is 1.79 bits per heavy atom. The van der Waals surface area contributed by atoms with E-state index in [-0.39, 0.29) is 28.2 Å². The van der Waals surface area contributed by atoms with Gasteiger partial charge in [0.25, 0.3) is 0 Å². The fourth-order valence-corrected chi connectivity index (χ4v) is 3.43. The quantitative estimate of drug-likeness (QED) is 0.293. The van der Waals surface area contributed by atoms with Gasteiger partial charge in [-0.25, -0.2) is 9.18 Å². The number of hydrogen-bond acceptors (Lipinski definition) is 5. The number of aryl methyl sites for hydroxylation is 1. The zero-order valence-electron chi connectivity index (χ0n) is 18.0. The normalized spacial score (nSPS) is 11.4. The molecule has 2 heterocycles. The van der Waals surface area contributed by atoms with Crippen molar-refractivity contribution in [3.63, 3.8) is 0 Å². The smallest absolute Gasteiger partial charge is 0.417 e. The van der Waals surface area contributed by atoms with Gasteiger partial charge in [0.15, 0.2) is 0 Å². The average Bonchev–Trinajstić information content (AvgIpc) is 3.25. The number of esters is 1. The highest BCUT2D eigenvalue weighted by atomic mass is 19.4. The van der Waals surface area contributed by atoms with Gasteiger partial charge in [-0.3, -0.25) is 9.67 Å². The molecule has 0 spiro atoms. The first-order valence-electron chi connectivity index (χ1n) is 9.99. The SMILES string of the molecule is COC(=O)c1cnc(-c2ccccc2)c(Nc2cc(-c3ccn(C)n3)c(C(F)(F)F)cc2F)c1. The van der Waals surface area contributed by atoms with Gasteiger partial charge in [0.05, 0.1) is 41.0 Å². The van der Waals surface area contributed by atoms with Crippen LogP contribution in [0.4, 0.5) is 28.9 Å². The van der Waals surface area contributed by atoms with Crippen LogP contribution in [-0.4, -0.2) is 27.8 Å². The second-order valence-electron chi connectivity index (χ2n) is 7.35. The summed E-state index contributed by atoms with van der Waals surface area (Å²) in [5.41, 5.74) is -0.348. The zero-order valence-corrected chi connectivity index (χ0v) is 18.0. The molecule has 10 heteroatoms. The zero-order chi connectivity index (χ0) is 24.5. The molecule has 174 valence electrons. The van der Waals surface area contributed by atoms with Gasteiger partial charge in [0, 0.05) is 30.6 Å². The minimum absolute atomic E-state index is 0.0302. The van der Waals surface area contributed by atoms with Crippen molar-refractivity contribution in [2.75, 3.05) is 12.4 Å². The molecule has 0 saturated heterocycles. The van der Waals surface area contributed by atoms with E-state index in [0.717, 1.165) is 6.07 Å². The maximum absolute atomic E-state index is 14.9. The predicted molar refractivity (Wildman–Crippen MR) is 118 cm³/mol. The Morgan fingerprint density at radius 3 is 2.41 bits per heavy atom. The van der Waals surface area contributed by atoms with Crippen molar-refractivity contribution in [1.82, 2.24) is 14.8 Å². The maximum Gasteiger partial charge on any atom is 0.417 e. The van der Waals surface area contributed by atoms with Crippen LogP contribution in [0.3, 0.4) is 0 Å². The Morgan fingerprint density at radius 1 is 1.06 bits per heavy atom. The molecule has 2 aromatic heterocycles. The summed E-state index contributed by atoms with van der Waals surface area (Å²) >= 11 is 0. The number of carbonyl (C=O) groups is 1. The number of rotatable bonds is 5. The molecule has 4 aromatic rings. The van der Waals surface area contributed by atoms with Crippen molar-refractivity contribution in [3.05, 3.63) is 83.9 Å². The summed E-state index contributed by atoms with van der Waals surface area (Å²) < 4.78 is 62.0. The number of ether oxygens (including phenoxy) is 1. The number of halogens is 4. The molecule has 2 aromatic carbocycles. The first kappa shape index (κ1) is 23.0. The van der Waals surface area contributed by atoms with Crippen molar-refractivity contribution < 1.29 is 27.1 Å². The summed E-state index contributed by atoms with van der Waals surface area (Å²) in [4.78, 5) is 16.3. The molecule has 34 heavy (non-hydrogen) atoms. The molecule has 0 amide bonds. The molecule has 0 aliphatic carbocycles. The number of nitrogens with zero attached hydrogens (tertiary/aromatic N) is 3. The Kier molecular flexibility index (Phi) is 6.06. The number of hydrogen-bond donors (Lipinski definition) is 1. The average molecular weight is 470 g/mol. The van der Waals surface area contributed by atoms with Crippen LogP contribution in [0.15, 0.2) is 67.0 Å². The van der Waals surface area contributed by atoms with Crippen LogP contribution >= 0.6 is 0 Å². The van der Waals surface area contributed by atoms with Crippen molar-refractivity contribution >= 4 is 17.3 Å². The molecule has 0 aliphatic rings. The van der Waals surface area contributed by atoms with Gasteiger partial charge in [-0.1, -0.05) is 30.3 Å². The second-order valence-corrected chi connectivity index (χ2v) is 7.35. The minimum atomic E-state index is -4.80. The van der Waals surface area contributed by atoms with E-state index in [1.54, 1.807) is 37.4 Å². The Hall–Kier alpha value is -4.21. The summed E-state index contributed by atoms with van der Waals surface area (Å²) in [6.45, 7) is 0. The largest absolute Gasteiger partial charge is 0.465 e. The third kappa shape index (κ3) is 4.61. The highest BCUT2D eigenvalue weighted by Crippen LogP contribution is 2.40. The first-order chi connectivity index (χ1) is 16.2. The van der Waals surface area contributed by atoms with E-state index < -0.39 is 23.5 Å². The molecule has 0 aliphatic heterocycles. The lowest BCUT2D eigenvalue weighted by Crippen LogP contribution is -2.10. The number of aromatic nitrogens is 3. The standard InChI is InChI=1S/C24H18F4N4O2/c1-32-9-8-19(31-32)16-11-20(18(25)12-17(16)24(26,27)28)30-21-10-15(23(33)34-2)13-29-22(21)14-6-4-3-5-7-14/h3-13,30H,1-2H3. The monoisotopic (exact) mass is 470 g/mol. The fourth-order valence-electron chi connectivity index (χ4n) is 3.43. The van der Waals surface area contributed by atoms with Gasteiger partial charge >= 0.3 is 12.1 Å². The Bertz CT molecular complexity index is 1350. The van der Waals surface area contributed by atoms with E-state index in [9.17, 15) is 22.4 Å². The van der Waals surface area contributed by atoms with Crippen LogP contribution in [-0.2, 0) is 18.0 Å². The fraction of sp³-hybridized carbons (Fsp3) is 0.125. The molecular weight excluding hydrogens is 452 g/mol. The van der Waals surface area contributed by atoms with Crippen LogP contribution in [0.5, 0.6) is 0 Å². The Balaban J connectivity index is 1.87. The topological polar surface area (TPSA) is 69.0 Å². The van der Waals surface area contributed by atoms with Gasteiger partial charge in [-0.05, 0) is 24.3 Å². The lowest BCUT2D eigenvalue weighted by atomic mass is 10.0. The first-order valence-corrected chi connectivity index (χ1v) is 9.99. The molecule has 0 radical (unpaired) electrons. The Labute approximate surface area is 191 Å². The second kappa shape index (κ2) is 8.97. The summed E-state index contributed by atoms with van der Waals surface area (Å²) in [6, 6.07) is 13.1. The number of carbonyl (C=O) groups excluding carboxylic acids is 1. The van der Waals surface area contributed by atoms with Gasteiger partial charge < -0.3 is 10.1 Å². The molecule has 1 N–H and O–H groups in total. The van der Waals surface area contributed by atoms with Gasteiger partial charge in [0.1, 0.15) is 5.82 Å². The van der Waals surface area contributed by atoms with Crippen LogP contribution in [0.25, 0.3) is 22.5 Å². The lowest BCUT2D eigenvalue weighted by Gasteiger charge is -2.17. The number of benzene rings is 2. The van der Waals surface area contributed by atoms with Crippen molar-refractivity contribution in [2.45, 2.75) is 6.18 Å². The molecule has 0 saturated carbocycles. The maximum atomic E-state index is 14.9. The van der Waals surface area contributed by atoms with E-state index in [4.69, 9.17) is 4.74 Å². The van der Waals surface area contributed by atoms with Crippen molar-refractivity contribution in [2.24, 2.45) is 7.05 Å². The third-order valence-electron chi connectivity index (χ3n) is 5.03. The molecule has 4 rings (SSSR count). The van der Waals surface area contributed by atoms with E-state index in [0.29, 0.717) is 17.3 Å². The summed E-state index contributed by atoms with van der Waals surface area (Å²) in [5.74, 6) is -1.80. The number of methoxy groups -OCH3 is 1. The lowest BCUT2D eigenvalue weighted by molar-refractivity contribution is -0.137. The van der Waals surface area contributed by atoms with Gasteiger partial charge in [-0.2, -0.15) is 18.3 Å². The van der Waals surface area contributed by atoms with Crippen molar-refractivity contribution in [1.29, 1.82) is 0 Å². The van der Waals surface area contributed by atoms with Crippen LogP contribution < -0.4 is 5.32 Å². The van der Waals surface area contributed by atoms with E-state index >= 15 is 0 Å². The molecule has 6 nitrogen and oxygen atoms in total. The van der Waals surface area contributed by atoms with E-state index in [1.165, 1.54) is 36.3 Å². The van der Waals surface area contributed by atoms with E-state index in [1.807, 2.05) is 0 Å². The highest BCUT2D eigenvalue weighted by Gasteiger charge is 2.35. The molecule has 0 fully saturated rings. The van der Waals surface area contributed by atoms with Crippen LogP contribution in [0, 0.1) is 5.82 Å². The summed E-state index contributed by atoms with van der Waals surface area (Å²) in [7, 11) is 2.77. The summed E-state index contributed by atoms with van der Waals surface area (Å²) in [5, 5.41) is 6.85. The van der Waals surface area contributed by atoms with Gasteiger partial charge in [0.2, 0.25) is 0 Å². The molecular formula is C24H18F4N4O2. The minimum Gasteiger partial charge on any atom is -0.465 e. The number of alkyl halides is 3. The number of pyridine rings is 1. The van der Waals surface area contributed by atoms with Crippen molar-refractivity contribution in [3.8, 4) is 22.5 Å². The van der Waals surface area contributed by atoms with Crippen LogP contribution in [0.1, 0.15) is 15.9 Å². The third-order valence-corrected chi connectivity index (χ3v) is 5.03. The number of anilines is 2. The van der Waals surface area contributed by atoms with Crippen LogP contribution in [0.2, 0.25) is 0 Å². The number of nitrogens with one attached hydrogen (secondary N) is 1. The van der Waals surface area contributed by atoms with E-state index in [2.05, 4.69) is 15.4 Å². The molecule has 0 atom stereocenters. The highest BCUT2D eigenvalue weighted by molar-refractivity contribution is 5.92. The van der Waals surface area contributed by atoms with Gasteiger partial charge in [-0.15, -0.1) is 0 Å². The predicted octanol–water partition coefficient (Wildman–Crippen LogP) is 5.84. The molecule has 0 unspecified atom stereocenters. The molecule has 0 bridgehead atoms.